The Morgan fingerprint density at radius 2 is 1.93 bits per heavy atom. The van der Waals surface area contributed by atoms with Crippen molar-refractivity contribution >= 4 is 7.12 Å². The zero-order valence-electron chi connectivity index (χ0n) is 10.2. The first-order chi connectivity index (χ1) is 7.10. The molecule has 0 aromatic carbocycles. The highest BCUT2D eigenvalue weighted by atomic mass is 16.6. The smallest absolute Gasteiger partial charge is 0.411 e. The van der Waals surface area contributed by atoms with Crippen molar-refractivity contribution in [1.82, 2.24) is 0 Å². The first kappa shape index (κ1) is 13.0. The van der Waals surface area contributed by atoms with E-state index in [0.717, 1.165) is 32.4 Å². The molecule has 0 aliphatic carbocycles. The molecule has 1 aliphatic rings. The van der Waals surface area contributed by atoms with E-state index in [4.69, 9.17) is 9.31 Å². The van der Waals surface area contributed by atoms with Crippen LogP contribution in [-0.2, 0) is 9.31 Å². The molecule has 1 fully saturated rings. The highest BCUT2D eigenvalue weighted by molar-refractivity contribution is 6.44. The summed E-state index contributed by atoms with van der Waals surface area (Å²) in [6.07, 6.45) is 2.85. The molecule has 0 spiro atoms. The summed E-state index contributed by atoms with van der Waals surface area (Å²) in [6, 6.07) is 0. The molecule has 1 heterocycles. The maximum atomic E-state index is 9.41. The molecule has 1 saturated heterocycles. The predicted molar refractivity (Wildman–Crippen MR) is 61.7 cm³/mol. The lowest BCUT2D eigenvalue weighted by Crippen LogP contribution is -2.36. The summed E-state index contributed by atoms with van der Waals surface area (Å²) in [5.74, 6) is 0.255. The van der Waals surface area contributed by atoms with Crippen LogP contribution in [0.25, 0.3) is 0 Å². The number of aliphatic hydroxyl groups is 1. The fourth-order valence-corrected chi connectivity index (χ4v) is 1.83. The largest absolute Gasteiger partial charge is 0.457 e. The maximum Gasteiger partial charge on any atom is 0.457 e. The SMILES string of the molecule is CCC(C)(C)C(CO)CB1OCCCO1. The van der Waals surface area contributed by atoms with Crippen molar-refractivity contribution in [2.45, 2.75) is 39.9 Å². The van der Waals surface area contributed by atoms with E-state index in [1.54, 1.807) is 0 Å². The summed E-state index contributed by atoms with van der Waals surface area (Å²) < 4.78 is 11.0. The Hall–Kier alpha value is -0.0551. The van der Waals surface area contributed by atoms with Gasteiger partial charge in [-0.05, 0) is 24.1 Å². The van der Waals surface area contributed by atoms with Gasteiger partial charge in [0.15, 0.2) is 0 Å². The van der Waals surface area contributed by atoms with E-state index >= 15 is 0 Å². The molecule has 0 amide bonds. The molecule has 1 rings (SSSR count). The van der Waals surface area contributed by atoms with Crippen molar-refractivity contribution in [2.24, 2.45) is 11.3 Å². The quantitative estimate of drug-likeness (QED) is 0.711. The normalized spacial score (nSPS) is 20.4. The van der Waals surface area contributed by atoms with E-state index < -0.39 is 0 Å². The van der Waals surface area contributed by atoms with Crippen LogP contribution >= 0.6 is 0 Å². The average molecular weight is 214 g/mol. The van der Waals surface area contributed by atoms with Gasteiger partial charge in [0.2, 0.25) is 0 Å². The van der Waals surface area contributed by atoms with Gasteiger partial charge in [0.05, 0.1) is 0 Å². The third-order valence-electron chi connectivity index (χ3n) is 3.61. The lowest BCUT2D eigenvalue weighted by Gasteiger charge is -2.34. The highest BCUT2D eigenvalue weighted by Crippen LogP contribution is 2.34. The Balaban J connectivity index is 2.44. The average Bonchev–Trinajstić information content (AvgIpc) is 2.27. The molecule has 88 valence electrons. The van der Waals surface area contributed by atoms with Crippen LogP contribution in [0.2, 0.25) is 6.32 Å². The molecule has 4 heteroatoms. The molecule has 1 unspecified atom stereocenters. The van der Waals surface area contributed by atoms with Crippen LogP contribution in [0.15, 0.2) is 0 Å². The molecule has 3 nitrogen and oxygen atoms in total. The van der Waals surface area contributed by atoms with Gasteiger partial charge in [0.1, 0.15) is 0 Å². The fourth-order valence-electron chi connectivity index (χ4n) is 1.83. The molecular formula is C11H23BO3. The minimum Gasteiger partial charge on any atom is -0.411 e. The van der Waals surface area contributed by atoms with Crippen molar-refractivity contribution < 1.29 is 14.4 Å². The molecular weight excluding hydrogens is 191 g/mol. The van der Waals surface area contributed by atoms with Gasteiger partial charge >= 0.3 is 7.12 Å². The molecule has 1 atom stereocenters. The van der Waals surface area contributed by atoms with Crippen LogP contribution in [0.5, 0.6) is 0 Å². The summed E-state index contributed by atoms with van der Waals surface area (Å²) in [7, 11) is -0.110. The van der Waals surface area contributed by atoms with Gasteiger partial charge in [-0.2, -0.15) is 0 Å². The summed E-state index contributed by atoms with van der Waals surface area (Å²) in [5.41, 5.74) is 0.152. The van der Waals surface area contributed by atoms with Gasteiger partial charge in [0, 0.05) is 19.8 Å². The molecule has 1 aliphatic heterocycles. The molecule has 0 aromatic heterocycles. The van der Waals surface area contributed by atoms with Gasteiger partial charge in [-0.25, -0.2) is 0 Å². The van der Waals surface area contributed by atoms with E-state index in [0.29, 0.717) is 0 Å². The molecule has 0 bridgehead atoms. The van der Waals surface area contributed by atoms with Crippen molar-refractivity contribution in [3.63, 3.8) is 0 Å². The van der Waals surface area contributed by atoms with E-state index in [2.05, 4.69) is 20.8 Å². The molecule has 1 N–H and O–H groups in total. The van der Waals surface area contributed by atoms with Crippen molar-refractivity contribution in [3.8, 4) is 0 Å². The van der Waals surface area contributed by atoms with E-state index in [1.165, 1.54) is 0 Å². The lowest BCUT2D eigenvalue weighted by atomic mass is 9.65. The van der Waals surface area contributed by atoms with E-state index in [9.17, 15) is 5.11 Å². The zero-order valence-corrected chi connectivity index (χ0v) is 10.2. The van der Waals surface area contributed by atoms with Crippen molar-refractivity contribution in [2.75, 3.05) is 19.8 Å². The van der Waals surface area contributed by atoms with E-state index in [-0.39, 0.29) is 25.1 Å². The first-order valence-electron chi connectivity index (χ1n) is 5.94. The number of aliphatic hydroxyl groups excluding tert-OH is 1. The Labute approximate surface area is 93.3 Å². The first-order valence-corrected chi connectivity index (χ1v) is 5.94. The minimum absolute atomic E-state index is 0.110. The number of hydrogen-bond acceptors (Lipinski definition) is 3. The van der Waals surface area contributed by atoms with Gasteiger partial charge in [-0.1, -0.05) is 27.2 Å². The molecule has 15 heavy (non-hydrogen) atoms. The second-order valence-electron chi connectivity index (χ2n) is 4.98. The minimum atomic E-state index is -0.110. The molecule has 0 aromatic rings. The highest BCUT2D eigenvalue weighted by Gasteiger charge is 2.33. The topological polar surface area (TPSA) is 38.7 Å². The Morgan fingerprint density at radius 3 is 2.40 bits per heavy atom. The summed E-state index contributed by atoms with van der Waals surface area (Å²) >= 11 is 0. The molecule has 0 radical (unpaired) electrons. The second kappa shape index (κ2) is 5.87. The predicted octanol–water partition coefficient (Wildman–Crippen LogP) is 1.96. The van der Waals surface area contributed by atoms with Gasteiger partial charge in [-0.3, -0.25) is 0 Å². The van der Waals surface area contributed by atoms with Gasteiger partial charge in [0.25, 0.3) is 0 Å². The van der Waals surface area contributed by atoms with Crippen LogP contribution in [0, 0.1) is 11.3 Å². The second-order valence-corrected chi connectivity index (χ2v) is 4.98. The Bertz CT molecular complexity index is 179. The van der Waals surface area contributed by atoms with Crippen molar-refractivity contribution in [1.29, 1.82) is 0 Å². The molecule has 0 saturated carbocycles. The van der Waals surface area contributed by atoms with Gasteiger partial charge < -0.3 is 14.4 Å². The summed E-state index contributed by atoms with van der Waals surface area (Å²) in [5, 5.41) is 9.41. The van der Waals surface area contributed by atoms with Crippen LogP contribution in [0.3, 0.4) is 0 Å². The third-order valence-corrected chi connectivity index (χ3v) is 3.61. The van der Waals surface area contributed by atoms with Crippen LogP contribution in [0.4, 0.5) is 0 Å². The Morgan fingerprint density at radius 1 is 1.33 bits per heavy atom. The maximum absolute atomic E-state index is 9.41. The third kappa shape index (κ3) is 3.78. The number of hydrogen-bond donors (Lipinski definition) is 1. The standard InChI is InChI=1S/C11H23BO3/c1-4-11(2,3)10(9-13)8-12-14-6-5-7-15-12/h10,13H,4-9H2,1-3H3. The van der Waals surface area contributed by atoms with Crippen LogP contribution in [0.1, 0.15) is 33.6 Å². The zero-order chi connectivity index (χ0) is 11.3. The fraction of sp³-hybridized carbons (Fsp3) is 1.00. The van der Waals surface area contributed by atoms with Crippen LogP contribution < -0.4 is 0 Å². The monoisotopic (exact) mass is 214 g/mol. The number of rotatable bonds is 5. The summed E-state index contributed by atoms with van der Waals surface area (Å²) in [6.45, 7) is 8.33. The van der Waals surface area contributed by atoms with E-state index in [1.807, 2.05) is 0 Å². The summed E-state index contributed by atoms with van der Waals surface area (Å²) in [4.78, 5) is 0. The Kier molecular flexibility index (Phi) is 5.10. The van der Waals surface area contributed by atoms with Crippen LogP contribution in [-0.4, -0.2) is 32.0 Å². The lowest BCUT2D eigenvalue weighted by molar-refractivity contribution is 0.0942. The van der Waals surface area contributed by atoms with Gasteiger partial charge in [-0.15, -0.1) is 0 Å². The van der Waals surface area contributed by atoms with Crippen molar-refractivity contribution in [3.05, 3.63) is 0 Å².